The van der Waals surface area contributed by atoms with Crippen LogP contribution in [0.15, 0.2) is 6.07 Å². The van der Waals surface area contributed by atoms with Crippen LogP contribution in [0.4, 0.5) is 8.78 Å². The first-order valence-corrected chi connectivity index (χ1v) is 4.36. The van der Waals surface area contributed by atoms with E-state index in [4.69, 9.17) is 16.9 Å². The van der Waals surface area contributed by atoms with Crippen molar-refractivity contribution in [3.05, 3.63) is 23.0 Å². The van der Waals surface area contributed by atoms with Crippen molar-refractivity contribution in [3.8, 4) is 11.8 Å². The number of carbonyl (C=O) groups excluding carboxylic acids is 1. The van der Waals surface area contributed by atoms with Crippen LogP contribution in [0.2, 0.25) is 0 Å². The van der Waals surface area contributed by atoms with E-state index in [9.17, 15) is 13.6 Å². The van der Waals surface area contributed by atoms with Gasteiger partial charge in [0.1, 0.15) is 11.8 Å². The molecule has 0 radical (unpaired) electrons. The summed E-state index contributed by atoms with van der Waals surface area (Å²) in [4.78, 5) is 14.1. The van der Waals surface area contributed by atoms with E-state index in [1.54, 1.807) is 6.07 Å². The summed E-state index contributed by atoms with van der Waals surface area (Å²) in [5.74, 6) is -0.348. The lowest BCUT2D eigenvalue weighted by molar-refractivity contribution is 0.107. The van der Waals surface area contributed by atoms with E-state index in [1.807, 2.05) is 0 Å². The third-order valence-electron chi connectivity index (χ3n) is 1.73. The third kappa shape index (κ3) is 2.25. The fourth-order valence-corrected chi connectivity index (χ4v) is 1.20. The van der Waals surface area contributed by atoms with Crippen LogP contribution in [0.1, 0.15) is 28.2 Å². The maximum atomic E-state index is 12.6. The highest BCUT2D eigenvalue weighted by Crippen LogP contribution is 2.30. The molecule has 4 nitrogen and oxygen atoms in total. The number of hydrogen-bond acceptors (Lipinski definition) is 4. The number of pyridine rings is 1. The van der Waals surface area contributed by atoms with Crippen molar-refractivity contribution in [2.45, 2.75) is 6.43 Å². The predicted molar refractivity (Wildman–Crippen MR) is 50.6 cm³/mol. The fraction of sp³-hybridized carbons (Fsp3) is 0.222. The zero-order chi connectivity index (χ0) is 12.3. The van der Waals surface area contributed by atoms with E-state index >= 15 is 0 Å². The van der Waals surface area contributed by atoms with Crippen LogP contribution in [-0.2, 0) is 0 Å². The molecule has 0 saturated heterocycles. The quantitative estimate of drug-likeness (QED) is 0.768. The summed E-state index contributed by atoms with van der Waals surface area (Å²) < 4.78 is 29.8. The van der Waals surface area contributed by atoms with Gasteiger partial charge in [-0.15, -0.1) is 0 Å². The molecule has 84 valence electrons. The number of nitrogens with zero attached hydrogens (tertiary/aromatic N) is 2. The van der Waals surface area contributed by atoms with Gasteiger partial charge in [0.15, 0.2) is 11.4 Å². The molecule has 0 bridgehead atoms. The lowest BCUT2D eigenvalue weighted by Gasteiger charge is -2.09. The number of nitriles is 1. The highest BCUT2D eigenvalue weighted by Gasteiger charge is 2.22. The van der Waals surface area contributed by atoms with Gasteiger partial charge in [0.25, 0.3) is 11.7 Å². The van der Waals surface area contributed by atoms with Gasteiger partial charge in [-0.05, 0) is 17.7 Å². The molecule has 1 aromatic rings. The Hall–Kier alpha value is -1.74. The summed E-state index contributed by atoms with van der Waals surface area (Å²) in [5, 5.41) is 7.69. The first kappa shape index (κ1) is 12.3. The van der Waals surface area contributed by atoms with Crippen LogP contribution in [0.25, 0.3) is 0 Å². The molecule has 0 saturated carbocycles. The van der Waals surface area contributed by atoms with E-state index in [0.29, 0.717) is 0 Å². The molecule has 0 atom stereocenters. The van der Waals surface area contributed by atoms with Gasteiger partial charge < -0.3 is 4.74 Å². The Labute approximate surface area is 94.4 Å². The van der Waals surface area contributed by atoms with E-state index in [1.165, 1.54) is 0 Å². The Morgan fingerprint density at radius 2 is 2.31 bits per heavy atom. The number of alkyl halides is 2. The molecule has 0 N–H and O–H groups in total. The second kappa shape index (κ2) is 4.86. The van der Waals surface area contributed by atoms with Crippen molar-refractivity contribution < 1.29 is 18.3 Å². The Kier molecular flexibility index (Phi) is 3.74. The normalized spacial score (nSPS) is 10.0. The first-order chi connectivity index (χ1) is 7.51. The molecule has 1 heterocycles. The highest BCUT2D eigenvalue weighted by molar-refractivity contribution is 6.67. The summed E-state index contributed by atoms with van der Waals surface area (Å²) in [6.07, 6.45) is -2.96. The third-order valence-corrected chi connectivity index (χ3v) is 1.93. The Morgan fingerprint density at radius 1 is 1.69 bits per heavy atom. The lowest BCUT2D eigenvalue weighted by atomic mass is 10.2. The topological polar surface area (TPSA) is 63.0 Å². The van der Waals surface area contributed by atoms with Gasteiger partial charge in [-0.3, -0.25) is 4.79 Å². The van der Waals surface area contributed by atoms with Gasteiger partial charge in [0, 0.05) is 0 Å². The molecule has 0 aliphatic rings. The number of aromatic nitrogens is 1. The van der Waals surface area contributed by atoms with Crippen LogP contribution in [0.5, 0.6) is 5.75 Å². The number of hydrogen-bond donors (Lipinski definition) is 0. The van der Waals surface area contributed by atoms with Gasteiger partial charge >= 0.3 is 0 Å². The molecule has 0 amide bonds. The van der Waals surface area contributed by atoms with Crippen molar-refractivity contribution in [1.29, 1.82) is 5.26 Å². The molecule has 0 unspecified atom stereocenters. The number of halogens is 3. The molecule has 16 heavy (non-hydrogen) atoms. The molecule has 0 fully saturated rings. The van der Waals surface area contributed by atoms with Crippen LogP contribution < -0.4 is 4.74 Å². The molecule has 0 aliphatic carbocycles. The summed E-state index contributed by atoms with van der Waals surface area (Å²) >= 11 is 5.11. The number of ether oxygens (including phenoxy) is 1. The minimum Gasteiger partial charge on any atom is -0.493 e. The average Bonchev–Trinajstić information content (AvgIpc) is 2.26. The lowest BCUT2D eigenvalue weighted by Crippen LogP contribution is -2.04. The molecule has 0 spiro atoms. The average molecular weight is 247 g/mol. The zero-order valence-electron chi connectivity index (χ0n) is 8.00. The standard InChI is InChI=1S/C9H5ClF2N2O2/c1-16-7-4(3-13)2-5(8(10)15)14-6(7)9(11)12/h2,9H,1H3. The van der Waals surface area contributed by atoms with Crippen molar-refractivity contribution in [2.75, 3.05) is 7.11 Å². The maximum Gasteiger partial charge on any atom is 0.284 e. The van der Waals surface area contributed by atoms with Gasteiger partial charge in [-0.1, -0.05) is 0 Å². The molecule has 0 aromatic carbocycles. The van der Waals surface area contributed by atoms with Crippen LogP contribution in [0.3, 0.4) is 0 Å². The molecule has 1 aromatic heterocycles. The molecule has 1 rings (SSSR count). The second-order valence-electron chi connectivity index (χ2n) is 2.66. The van der Waals surface area contributed by atoms with E-state index in [-0.39, 0.29) is 11.3 Å². The van der Waals surface area contributed by atoms with Gasteiger partial charge in [-0.25, -0.2) is 13.8 Å². The van der Waals surface area contributed by atoms with Gasteiger partial charge in [-0.2, -0.15) is 5.26 Å². The van der Waals surface area contributed by atoms with Gasteiger partial charge in [0.05, 0.1) is 12.7 Å². The number of methoxy groups -OCH3 is 1. The van der Waals surface area contributed by atoms with Crippen molar-refractivity contribution in [2.24, 2.45) is 0 Å². The van der Waals surface area contributed by atoms with Crippen LogP contribution in [-0.4, -0.2) is 17.3 Å². The van der Waals surface area contributed by atoms with Gasteiger partial charge in [0.2, 0.25) is 0 Å². The molecular weight excluding hydrogens is 242 g/mol. The molecule has 0 aliphatic heterocycles. The number of carbonyl (C=O) groups is 1. The summed E-state index contributed by atoms with van der Waals surface area (Å²) in [5.41, 5.74) is -1.39. The summed E-state index contributed by atoms with van der Waals surface area (Å²) in [6, 6.07) is 2.63. The van der Waals surface area contributed by atoms with Crippen molar-refractivity contribution in [1.82, 2.24) is 4.98 Å². The second-order valence-corrected chi connectivity index (χ2v) is 3.00. The predicted octanol–water partition coefficient (Wildman–Crippen LogP) is 2.28. The first-order valence-electron chi connectivity index (χ1n) is 3.98. The molecule has 7 heteroatoms. The van der Waals surface area contributed by atoms with E-state index in [0.717, 1.165) is 13.2 Å². The van der Waals surface area contributed by atoms with E-state index < -0.39 is 23.1 Å². The van der Waals surface area contributed by atoms with Crippen LogP contribution in [0, 0.1) is 11.3 Å². The minimum atomic E-state index is -2.96. The maximum absolute atomic E-state index is 12.6. The summed E-state index contributed by atoms with van der Waals surface area (Å²) in [7, 11) is 1.13. The molecular formula is C9H5ClF2N2O2. The SMILES string of the molecule is COc1c(C#N)cc(C(=O)Cl)nc1C(F)F. The smallest absolute Gasteiger partial charge is 0.284 e. The van der Waals surface area contributed by atoms with Crippen molar-refractivity contribution >= 4 is 16.8 Å². The largest absolute Gasteiger partial charge is 0.493 e. The Morgan fingerprint density at radius 3 is 2.69 bits per heavy atom. The minimum absolute atomic E-state index is 0.211. The Bertz CT molecular complexity index is 471. The van der Waals surface area contributed by atoms with E-state index in [2.05, 4.69) is 9.72 Å². The fourth-order valence-electron chi connectivity index (χ4n) is 1.10. The van der Waals surface area contributed by atoms with Crippen molar-refractivity contribution in [3.63, 3.8) is 0 Å². The highest BCUT2D eigenvalue weighted by atomic mass is 35.5. The Balaban J connectivity index is 3.51. The summed E-state index contributed by atoms with van der Waals surface area (Å²) in [6.45, 7) is 0. The monoisotopic (exact) mass is 246 g/mol. The number of rotatable bonds is 3. The van der Waals surface area contributed by atoms with Crippen LogP contribution >= 0.6 is 11.6 Å². The zero-order valence-corrected chi connectivity index (χ0v) is 8.76.